The summed E-state index contributed by atoms with van der Waals surface area (Å²) in [5.74, 6) is -0.00984. The molecule has 126 valence electrons. The average Bonchev–Trinajstić information content (AvgIpc) is 2.58. The molecule has 0 aromatic heterocycles. The second-order valence-electron chi connectivity index (χ2n) is 6.56. The third-order valence-electron chi connectivity index (χ3n) is 4.88. The standard InChI is InChI=1S/C14H25N3O4S/c18-14(21-22(19,20)11-12-9-15-10-12)17-6-2-5-16(7-8-17)13-3-1-4-13/h12-13,15H,1-11H2. The zero-order chi connectivity index (χ0) is 15.6. The topological polar surface area (TPSA) is 78.9 Å². The number of nitrogens with zero attached hydrogens (tertiary/aromatic N) is 2. The molecule has 2 saturated heterocycles. The molecule has 1 saturated carbocycles. The van der Waals surface area contributed by atoms with Crippen molar-refractivity contribution in [2.45, 2.75) is 31.7 Å². The third-order valence-corrected chi connectivity index (χ3v) is 6.16. The van der Waals surface area contributed by atoms with Crippen molar-refractivity contribution in [3.05, 3.63) is 0 Å². The summed E-state index contributed by atoms with van der Waals surface area (Å²) in [6.07, 6.45) is 3.95. The summed E-state index contributed by atoms with van der Waals surface area (Å²) in [4.78, 5) is 16.1. The summed E-state index contributed by atoms with van der Waals surface area (Å²) >= 11 is 0. The number of rotatable bonds is 4. The van der Waals surface area contributed by atoms with Gasteiger partial charge in [-0.1, -0.05) is 6.42 Å². The van der Waals surface area contributed by atoms with Gasteiger partial charge in [0.25, 0.3) is 0 Å². The van der Waals surface area contributed by atoms with Crippen LogP contribution in [0.2, 0.25) is 0 Å². The molecule has 1 N–H and O–H groups in total. The molecule has 2 heterocycles. The normalized spacial score (nSPS) is 25.2. The first-order valence-corrected chi connectivity index (χ1v) is 9.77. The summed E-state index contributed by atoms with van der Waals surface area (Å²) in [5.41, 5.74) is 0. The highest BCUT2D eigenvalue weighted by Gasteiger charge is 2.31. The fraction of sp³-hybridized carbons (Fsp3) is 0.929. The Labute approximate surface area is 132 Å². The number of amides is 1. The molecule has 3 aliphatic rings. The zero-order valence-corrected chi connectivity index (χ0v) is 13.7. The van der Waals surface area contributed by atoms with Crippen LogP contribution in [0.15, 0.2) is 0 Å². The Bertz CT molecular complexity index is 502. The van der Waals surface area contributed by atoms with Gasteiger partial charge >= 0.3 is 16.2 Å². The lowest BCUT2D eigenvalue weighted by molar-refractivity contribution is 0.127. The molecular weight excluding hydrogens is 306 g/mol. The average molecular weight is 331 g/mol. The van der Waals surface area contributed by atoms with Gasteiger partial charge in [-0.25, -0.2) is 4.79 Å². The lowest BCUT2D eigenvalue weighted by Gasteiger charge is -2.36. The number of hydrogen-bond acceptors (Lipinski definition) is 6. The molecule has 8 heteroatoms. The molecule has 7 nitrogen and oxygen atoms in total. The van der Waals surface area contributed by atoms with Gasteiger partial charge in [-0.05, 0) is 19.3 Å². The van der Waals surface area contributed by atoms with Crippen molar-refractivity contribution in [1.82, 2.24) is 15.1 Å². The van der Waals surface area contributed by atoms with Crippen molar-refractivity contribution in [1.29, 1.82) is 0 Å². The van der Waals surface area contributed by atoms with E-state index in [9.17, 15) is 13.2 Å². The quantitative estimate of drug-likeness (QED) is 0.743. The Morgan fingerprint density at radius 3 is 2.45 bits per heavy atom. The number of hydrogen-bond donors (Lipinski definition) is 1. The van der Waals surface area contributed by atoms with E-state index >= 15 is 0 Å². The van der Waals surface area contributed by atoms with Crippen molar-refractivity contribution >= 4 is 16.2 Å². The van der Waals surface area contributed by atoms with Crippen molar-refractivity contribution in [3.63, 3.8) is 0 Å². The predicted molar refractivity (Wildman–Crippen MR) is 82.0 cm³/mol. The van der Waals surface area contributed by atoms with Crippen molar-refractivity contribution in [3.8, 4) is 0 Å². The highest BCUT2D eigenvalue weighted by atomic mass is 32.2. The molecule has 1 aliphatic carbocycles. The van der Waals surface area contributed by atoms with Crippen LogP contribution in [0.3, 0.4) is 0 Å². The van der Waals surface area contributed by atoms with Gasteiger partial charge in [0.2, 0.25) is 0 Å². The molecule has 1 amide bonds. The summed E-state index contributed by atoms with van der Waals surface area (Å²) in [5, 5.41) is 3.01. The second-order valence-corrected chi connectivity index (χ2v) is 8.17. The molecule has 0 aromatic rings. The fourth-order valence-corrected chi connectivity index (χ4v) is 4.39. The van der Waals surface area contributed by atoms with Gasteiger partial charge in [-0.3, -0.25) is 4.90 Å². The summed E-state index contributed by atoms with van der Waals surface area (Å²) < 4.78 is 28.6. The largest absolute Gasteiger partial charge is 0.425 e. The molecule has 0 atom stereocenters. The molecule has 3 rings (SSSR count). The third kappa shape index (κ3) is 3.91. The molecule has 0 spiro atoms. The van der Waals surface area contributed by atoms with Crippen LogP contribution in [0, 0.1) is 5.92 Å². The molecule has 0 unspecified atom stereocenters. The first-order chi connectivity index (χ1) is 10.5. The van der Waals surface area contributed by atoms with Crippen LogP contribution in [0.1, 0.15) is 25.7 Å². The first-order valence-electron chi connectivity index (χ1n) is 8.19. The Kier molecular flexibility index (Phi) is 4.89. The van der Waals surface area contributed by atoms with Crippen LogP contribution in [-0.4, -0.2) is 75.4 Å². The molecule has 0 bridgehead atoms. The van der Waals surface area contributed by atoms with Crippen LogP contribution in [0.5, 0.6) is 0 Å². The minimum absolute atomic E-state index is 0.0658. The maximum Gasteiger partial charge on any atom is 0.425 e. The van der Waals surface area contributed by atoms with E-state index in [0.29, 0.717) is 32.2 Å². The van der Waals surface area contributed by atoms with Gasteiger partial charge in [-0.15, -0.1) is 0 Å². The van der Waals surface area contributed by atoms with Gasteiger partial charge in [0.15, 0.2) is 0 Å². The molecule has 22 heavy (non-hydrogen) atoms. The van der Waals surface area contributed by atoms with E-state index in [-0.39, 0.29) is 11.7 Å². The predicted octanol–water partition coefficient (Wildman–Crippen LogP) is 0.232. The van der Waals surface area contributed by atoms with E-state index in [1.165, 1.54) is 24.2 Å². The zero-order valence-electron chi connectivity index (χ0n) is 12.9. The van der Waals surface area contributed by atoms with Gasteiger partial charge < -0.3 is 14.4 Å². The maximum atomic E-state index is 12.1. The molecule has 3 fully saturated rings. The Morgan fingerprint density at radius 1 is 1.09 bits per heavy atom. The van der Waals surface area contributed by atoms with Crippen LogP contribution in [-0.2, 0) is 14.3 Å². The SMILES string of the molecule is O=C(OS(=O)(=O)CC1CNC1)N1CCCN(C2CCC2)CC1. The molecular formula is C14H25N3O4S. The smallest absolute Gasteiger partial charge is 0.328 e. The van der Waals surface area contributed by atoms with Gasteiger partial charge in [-0.2, -0.15) is 8.42 Å². The fourth-order valence-electron chi connectivity index (χ4n) is 3.19. The summed E-state index contributed by atoms with van der Waals surface area (Å²) in [6.45, 7) is 4.27. The van der Waals surface area contributed by atoms with E-state index in [1.54, 1.807) is 0 Å². The number of nitrogens with one attached hydrogen (secondary N) is 1. The Balaban J connectivity index is 1.48. The van der Waals surface area contributed by atoms with E-state index in [4.69, 9.17) is 4.18 Å². The molecule has 2 aliphatic heterocycles. The Morgan fingerprint density at radius 2 is 1.86 bits per heavy atom. The van der Waals surface area contributed by atoms with E-state index in [0.717, 1.165) is 19.5 Å². The van der Waals surface area contributed by atoms with Crippen LogP contribution in [0.25, 0.3) is 0 Å². The van der Waals surface area contributed by atoms with Crippen LogP contribution < -0.4 is 5.32 Å². The van der Waals surface area contributed by atoms with E-state index in [2.05, 4.69) is 10.2 Å². The highest BCUT2D eigenvalue weighted by molar-refractivity contribution is 7.87. The number of carbonyl (C=O) groups is 1. The van der Waals surface area contributed by atoms with Crippen molar-refractivity contribution in [2.24, 2.45) is 5.92 Å². The molecule has 0 radical (unpaired) electrons. The van der Waals surface area contributed by atoms with Gasteiger partial charge in [0.05, 0.1) is 5.75 Å². The first kappa shape index (κ1) is 16.0. The van der Waals surface area contributed by atoms with Gasteiger partial charge in [0, 0.05) is 51.2 Å². The van der Waals surface area contributed by atoms with E-state index < -0.39 is 16.2 Å². The van der Waals surface area contributed by atoms with Crippen LogP contribution >= 0.6 is 0 Å². The summed E-state index contributed by atoms with van der Waals surface area (Å²) in [7, 11) is -3.77. The highest BCUT2D eigenvalue weighted by Crippen LogP contribution is 2.25. The second kappa shape index (κ2) is 6.72. The minimum atomic E-state index is -3.77. The maximum absolute atomic E-state index is 12.1. The Hall–Kier alpha value is -0.860. The van der Waals surface area contributed by atoms with Crippen LogP contribution in [0.4, 0.5) is 4.79 Å². The van der Waals surface area contributed by atoms with Crippen molar-refractivity contribution < 1.29 is 17.4 Å². The monoisotopic (exact) mass is 331 g/mol. The van der Waals surface area contributed by atoms with E-state index in [1.807, 2.05) is 0 Å². The lowest BCUT2D eigenvalue weighted by Crippen LogP contribution is -2.46. The lowest BCUT2D eigenvalue weighted by atomic mass is 9.91. The molecule has 0 aromatic carbocycles. The summed E-state index contributed by atoms with van der Waals surface area (Å²) in [6, 6.07) is 0.658. The van der Waals surface area contributed by atoms with Crippen molar-refractivity contribution in [2.75, 3.05) is 45.0 Å². The van der Waals surface area contributed by atoms with Gasteiger partial charge in [0.1, 0.15) is 0 Å². The minimum Gasteiger partial charge on any atom is -0.328 e. The number of carbonyl (C=O) groups excluding carboxylic acids is 1.